The quantitative estimate of drug-likeness (QED) is 0.805. The molecule has 0 amide bonds. The van der Waals surface area contributed by atoms with E-state index in [1.165, 1.54) is 12.4 Å². The van der Waals surface area contributed by atoms with Gasteiger partial charge in [-0.3, -0.25) is 5.10 Å². The Labute approximate surface area is 131 Å². The number of rotatable bonds is 6. The molecule has 1 aromatic heterocycles. The van der Waals surface area contributed by atoms with Crippen LogP contribution in [0.25, 0.3) is 0 Å². The van der Waals surface area contributed by atoms with Crippen LogP contribution in [0.3, 0.4) is 0 Å². The van der Waals surface area contributed by atoms with Gasteiger partial charge in [-0.05, 0) is 32.0 Å². The monoisotopic (exact) mass is 374 g/mol. The molecule has 9 heteroatoms. The Morgan fingerprint density at radius 2 is 2.24 bits per heavy atom. The summed E-state index contributed by atoms with van der Waals surface area (Å²) in [6.07, 6.45) is 1.32. The van der Waals surface area contributed by atoms with Crippen molar-refractivity contribution >= 4 is 26.0 Å². The Morgan fingerprint density at radius 1 is 1.48 bits per heavy atom. The Morgan fingerprint density at radius 3 is 2.86 bits per heavy atom. The molecule has 0 bridgehead atoms. The highest BCUT2D eigenvalue weighted by molar-refractivity contribution is 9.10. The van der Waals surface area contributed by atoms with Gasteiger partial charge in [0.05, 0.1) is 12.6 Å². The molecular formula is C12H15BrN4O3S. The van der Waals surface area contributed by atoms with E-state index < -0.39 is 16.1 Å². The smallest absolute Gasteiger partial charge is 0.244 e. The number of aromatic nitrogens is 3. The van der Waals surface area contributed by atoms with Gasteiger partial charge in [0, 0.05) is 4.47 Å². The van der Waals surface area contributed by atoms with E-state index in [2.05, 4.69) is 35.8 Å². The zero-order valence-electron chi connectivity index (χ0n) is 11.5. The molecule has 0 fully saturated rings. The minimum absolute atomic E-state index is 0.0742. The second kappa shape index (κ2) is 6.54. The first kappa shape index (κ1) is 15.9. The van der Waals surface area contributed by atoms with Gasteiger partial charge in [-0.2, -0.15) is 5.10 Å². The lowest BCUT2D eigenvalue weighted by atomic mass is 10.3. The number of benzene rings is 1. The maximum absolute atomic E-state index is 12.5. The number of hydrogen-bond donors (Lipinski definition) is 2. The lowest BCUT2D eigenvalue weighted by Gasteiger charge is -2.15. The van der Waals surface area contributed by atoms with Crippen LogP contribution in [0, 0.1) is 0 Å². The zero-order chi connectivity index (χ0) is 15.5. The van der Waals surface area contributed by atoms with E-state index >= 15 is 0 Å². The summed E-state index contributed by atoms with van der Waals surface area (Å²) in [6, 6.07) is 4.30. The van der Waals surface area contributed by atoms with Crippen LogP contribution < -0.4 is 9.46 Å². The molecule has 2 N–H and O–H groups in total. The highest BCUT2D eigenvalue weighted by Crippen LogP contribution is 2.28. The molecule has 0 saturated heterocycles. The average Bonchev–Trinajstić information content (AvgIpc) is 2.94. The molecule has 0 spiro atoms. The fourth-order valence-electron chi connectivity index (χ4n) is 1.74. The Hall–Kier alpha value is -1.45. The predicted octanol–water partition coefficient (Wildman–Crippen LogP) is 2.01. The zero-order valence-corrected chi connectivity index (χ0v) is 13.9. The van der Waals surface area contributed by atoms with Crippen molar-refractivity contribution in [3.05, 3.63) is 34.8 Å². The van der Waals surface area contributed by atoms with Gasteiger partial charge in [0.15, 0.2) is 0 Å². The lowest BCUT2D eigenvalue weighted by Crippen LogP contribution is -2.28. The van der Waals surface area contributed by atoms with Crippen molar-refractivity contribution in [2.24, 2.45) is 0 Å². The highest BCUT2D eigenvalue weighted by Gasteiger charge is 2.24. The largest absolute Gasteiger partial charge is 0.492 e. The normalized spacial score (nSPS) is 13.1. The van der Waals surface area contributed by atoms with Crippen molar-refractivity contribution < 1.29 is 13.2 Å². The number of aromatic amines is 1. The molecule has 1 unspecified atom stereocenters. The van der Waals surface area contributed by atoms with E-state index in [9.17, 15) is 8.42 Å². The summed E-state index contributed by atoms with van der Waals surface area (Å²) in [6.45, 7) is 3.85. The first-order chi connectivity index (χ1) is 9.94. The second-order valence-corrected chi connectivity index (χ2v) is 6.84. The third kappa shape index (κ3) is 3.80. The SMILES string of the molecule is CCOc1ccc(Br)cc1S(=O)(=O)NC(C)c1ncn[nH]1. The van der Waals surface area contributed by atoms with E-state index in [1.807, 2.05) is 0 Å². The van der Waals surface area contributed by atoms with Gasteiger partial charge >= 0.3 is 0 Å². The van der Waals surface area contributed by atoms with Crippen LogP contribution in [0.5, 0.6) is 5.75 Å². The number of nitrogens with zero attached hydrogens (tertiary/aromatic N) is 2. The number of nitrogens with one attached hydrogen (secondary N) is 2. The molecule has 21 heavy (non-hydrogen) atoms. The third-order valence-corrected chi connectivity index (χ3v) is 4.73. The molecule has 1 aromatic carbocycles. The standard InChI is InChI=1S/C12H15BrN4O3S/c1-3-20-10-5-4-9(13)6-11(10)21(18,19)17-8(2)12-14-7-15-16-12/h4-8,17H,3H2,1-2H3,(H,14,15,16). The minimum atomic E-state index is -3.75. The summed E-state index contributed by atoms with van der Waals surface area (Å²) >= 11 is 3.27. The number of sulfonamides is 1. The predicted molar refractivity (Wildman–Crippen MR) is 80.4 cm³/mol. The van der Waals surface area contributed by atoms with Crippen LogP contribution in [-0.4, -0.2) is 30.2 Å². The van der Waals surface area contributed by atoms with Gasteiger partial charge < -0.3 is 4.74 Å². The van der Waals surface area contributed by atoms with Crippen molar-refractivity contribution in [1.29, 1.82) is 0 Å². The molecule has 2 rings (SSSR count). The summed E-state index contributed by atoms with van der Waals surface area (Å²) in [5.74, 6) is 0.740. The molecular weight excluding hydrogens is 360 g/mol. The summed E-state index contributed by atoms with van der Waals surface area (Å²) in [5, 5.41) is 6.34. The van der Waals surface area contributed by atoms with Crippen LogP contribution in [0.2, 0.25) is 0 Å². The first-order valence-corrected chi connectivity index (χ1v) is 8.51. The van der Waals surface area contributed by atoms with E-state index in [0.29, 0.717) is 22.7 Å². The van der Waals surface area contributed by atoms with Crippen LogP contribution in [-0.2, 0) is 10.0 Å². The van der Waals surface area contributed by atoms with Crippen molar-refractivity contribution in [1.82, 2.24) is 19.9 Å². The summed E-state index contributed by atoms with van der Waals surface area (Å²) in [5.41, 5.74) is 0. The van der Waals surface area contributed by atoms with E-state index in [0.717, 1.165) is 0 Å². The van der Waals surface area contributed by atoms with Gasteiger partial charge in [-0.1, -0.05) is 15.9 Å². The fraction of sp³-hybridized carbons (Fsp3) is 0.333. The maximum Gasteiger partial charge on any atom is 0.244 e. The number of H-pyrrole nitrogens is 1. The molecule has 1 heterocycles. The topological polar surface area (TPSA) is 97.0 Å². The number of ether oxygens (including phenoxy) is 1. The molecule has 114 valence electrons. The van der Waals surface area contributed by atoms with Gasteiger partial charge in [0.2, 0.25) is 10.0 Å². The third-order valence-electron chi connectivity index (χ3n) is 2.67. The number of halogens is 1. The Balaban J connectivity index is 2.33. The Bertz CT molecular complexity index is 703. The molecule has 1 atom stereocenters. The van der Waals surface area contributed by atoms with E-state index in [-0.39, 0.29) is 4.90 Å². The van der Waals surface area contributed by atoms with E-state index in [4.69, 9.17) is 4.74 Å². The van der Waals surface area contributed by atoms with Crippen molar-refractivity contribution in [2.45, 2.75) is 24.8 Å². The highest BCUT2D eigenvalue weighted by atomic mass is 79.9. The van der Waals surface area contributed by atoms with Crippen molar-refractivity contribution in [2.75, 3.05) is 6.61 Å². The summed E-state index contributed by atoms with van der Waals surface area (Å²) in [7, 11) is -3.75. The second-order valence-electron chi connectivity index (χ2n) is 4.24. The van der Waals surface area contributed by atoms with Gasteiger partial charge in [0.25, 0.3) is 0 Å². The molecule has 0 radical (unpaired) electrons. The molecule has 0 aliphatic rings. The fourth-order valence-corrected chi connectivity index (χ4v) is 3.63. The van der Waals surface area contributed by atoms with Crippen molar-refractivity contribution in [3.8, 4) is 5.75 Å². The van der Waals surface area contributed by atoms with Gasteiger partial charge in [-0.25, -0.2) is 18.1 Å². The first-order valence-electron chi connectivity index (χ1n) is 6.24. The molecule has 0 aliphatic carbocycles. The minimum Gasteiger partial charge on any atom is -0.492 e. The molecule has 7 nitrogen and oxygen atoms in total. The van der Waals surface area contributed by atoms with Crippen LogP contribution in [0.15, 0.2) is 33.9 Å². The van der Waals surface area contributed by atoms with E-state index in [1.54, 1.807) is 26.0 Å². The summed E-state index contributed by atoms with van der Waals surface area (Å²) < 4.78 is 33.6. The van der Waals surface area contributed by atoms with Crippen LogP contribution >= 0.6 is 15.9 Å². The van der Waals surface area contributed by atoms with Crippen LogP contribution in [0.1, 0.15) is 25.7 Å². The lowest BCUT2D eigenvalue weighted by molar-refractivity contribution is 0.331. The van der Waals surface area contributed by atoms with Crippen molar-refractivity contribution in [3.63, 3.8) is 0 Å². The maximum atomic E-state index is 12.5. The Kier molecular flexibility index (Phi) is 4.96. The van der Waals surface area contributed by atoms with Crippen LogP contribution in [0.4, 0.5) is 0 Å². The number of hydrogen-bond acceptors (Lipinski definition) is 5. The molecule has 0 saturated carbocycles. The molecule has 0 aliphatic heterocycles. The summed E-state index contributed by atoms with van der Waals surface area (Å²) in [4.78, 5) is 4.01. The molecule has 2 aromatic rings. The van der Waals surface area contributed by atoms with Gasteiger partial charge in [-0.15, -0.1) is 0 Å². The average molecular weight is 375 g/mol. The van der Waals surface area contributed by atoms with Gasteiger partial charge in [0.1, 0.15) is 22.8 Å².